The number of carbonyl (C=O) groups excluding carboxylic acids is 1. The summed E-state index contributed by atoms with van der Waals surface area (Å²) in [5, 5.41) is 3.87. The molecule has 1 N–H and O–H groups in total. The molecule has 2 aromatic carbocycles. The number of esters is 1. The molecule has 0 spiro atoms. The van der Waals surface area contributed by atoms with E-state index in [1.807, 2.05) is 66.7 Å². The summed E-state index contributed by atoms with van der Waals surface area (Å²) < 4.78 is 10.7. The highest BCUT2D eigenvalue weighted by atomic mass is 35.5. The third kappa shape index (κ3) is 4.29. The molecule has 128 valence electrons. The summed E-state index contributed by atoms with van der Waals surface area (Å²) in [5.74, 6) is 1.15. The molecule has 5 heteroatoms. The van der Waals surface area contributed by atoms with E-state index in [-0.39, 0.29) is 5.97 Å². The molecular formula is C20H18ClNO3. The van der Waals surface area contributed by atoms with Gasteiger partial charge in [0.2, 0.25) is 0 Å². The number of carbonyl (C=O) groups is 1. The molecule has 0 amide bonds. The van der Waals surface area contributed by atoms with E-state index in [4.69, 9.17) is 20.8 Å². The Hall–Kier alpha value is -2.56. The van der Waals surface area contributed by atoms with Crippen LogP contribution in [-0.4, -0.2) is 13.1 Å². The first-order valence-corrected chi connectivity index (χ1v) is 8.26. The van der Waals surface area contributed by atoms with E-state index in [1.165, 1.54) is 7.11 Å². The summed E-state index contributed by atoms with van der Waals surface area (Å²) in [6.07, 6.45) is 0. The minimum atomic E-state index is -0.546. The van der Waals surface area contributed by atoms with Gasteiger partial charge < -0.3 is 9.15 Å². The van der Waals surface area contributed by atoms with Crippen LogP contribution in [0.3, 0.4) is 0 Å². The van der Waals surface area contributed by atoms with Crippen LogP contribution < -0.4 is 5.32 Å². The average molecular weight is 356 g/mol. The number of methoxy groups -OCH3 is 1. The van der Waals surface area contributed by atoms with Crippen LogP contribution in [-0.2, 0) is 16.1 Å². The number of rotatable bonds is 6. The van der Waals surface area contributed by atoms with E-state index in [0.717, 1.165) is 22.6 Å². The Morgan fingerprint density at radius 3 is 2.48 bits per heavy atom. The second-order valence-corrected chi connectivity index (χ2v) is 5.96. The van der Waals surface area contributed by atoms with Crippen LogP contribution in [0.5, 0.6) is 0 Å². The van der Waals surface area contributed by atoms with Crippen molar-refractivity contribution in [2.45, 2.75) is 12.6 Å². The van der Waals surface area contributed by atoms with E-state index in [0.29, 0.717) is 11.6 Å². The van der Waals surface area contributed by atoms with Gasteiger partial charge in [-0.15, -0.1) is 0 Å². The van der Waals surface area contributed by atoms with Crippen molar-refractivity contribution in [2.24, 2.45) is 0 Å². The van der Waals surface area contributed by atoms with Crippen LogP contribution in [0.4, 0.5) is 0 Å². The molecule has 1 aromatic heterocycles. The second-order valence-electron chi connectivity index (χ2n) is 5.52. The zero-order valence-electron chi connectivity index (χ0n) is 13.7. The fraction of sp³-hybridized carbons (Fsp3) is 0.150. The van der Waals surface area contributed by atoms with Gasteiger partial charge in [0, 0.05) is 10.6 Å². The quantitative estimate of drug-likeness (QED) is 0.656. The monoisotopic (exact) mass is 355 g/mol. The van der Waals surface area contributed by atoms with Crippen molar-refractivity contribution in [1.29, 1.82) is 0 Å². The highest BCUT2D eigenvalue weighted by Crippen LogP contribution is 2.24. The molecule has 25 heavy (non-hydrogen) atoms. The van der Waals surface area contributed by atoms with Gasteiger partial charge in [0.05, 0.1) is 13.7 Å². The van der Waals surface area contributed by atoms with Crippen LogP contribution in [0.25, 0.3) is 11.3 Å². The van der Waals surface area contributed by atoms with Gasteiger partial charge in [0.25, 0.3) is 0 Å². The highest BCUT2D eigenvalue weighted by Gasteiger charge is 2.21. The molecule has 1 heterocycles. The van der Waals surface area contributed by atoms with Gasteiger partial charge in [-0.05, 0) is 42.0 Å². The normalized spacial score (nSPS) is 11.9. The Morgan fingerprint density at radius 1 is 1.08 bits per heavy atom. The molecule has 0 bridgehead atoms. The number of nitrogens with one attached hydrogen (secondary N) is 1. The first-order valence-electron chi connectivity index (χ1n) is 7.88. The van der Waals surface area contributed by atoms with Crippen molar-refractivity contribution in [3.8, 4) is 11.3 Å². The van der Waals surface area contributed by atoms with Crippen molar-refractivity contribution >= 4 is 17.6 Å². The topological polar surface area (TPSA) is 51.5 Å². The van der Waals surface area contributed by atoms with Gasteiger partial charge in [-0.25, -0.2) is 4.79 Å². The van der Waals surface area contributed by atoms with Crippen molar-refractivity contribution in [3.05, 3.63) is 83.1 Å². The lowest BCUT2D eigenvalue weighted by atomic mass is 10.1. The number of hydrogen-bond donors (Lipinski definition) is 1. The first-order chi connectivity index (χ1) is 12.2. The van der Waals surface area contributed by atoms with Gasteiger partial charge in [-0.2, -0.15) is 0 Å². The molecular weight excluding hydrogens is 338 g/mol. The number of halogens is 1. The van der Waals surface area contributed by atoms with Crippen molar-refractivity contribution in [2.75, 3.05) is 7.11 Å². The van der Waals surface area contributed by atoms with Gasteiger partial charge in [-0.3, -0.25) is 5.32 Å². The maximum Gasteiger partial charge on any atom is 0.327 e. The third-order valence-electron chi connectivity index (χ3n) is 3.84. The minimum Gasteiger partial charge on any atom is -0.468 e. The molecule has 0 saturated heterocycles. The fourth-order valence-corrected chi connectivity index (χ4v) is 2.67. The van der Waals surface area contributed by atoms with Crippen molar-refractivity contribution in [3.63, 3.8) is 0 Å². The Labute approximate surface area is 151 Å². The molecule has 0 saturated carbocycles. The van der Waals surface area contributed by atoms with Gasteiger partial charge in [0.1, 0.15) is 17.6 Å². The predicted molar refractivity (Wildman–Crippen MR) is 97.2 cm³/mol. The van der Waals surface area contributed by atoms with Crippen LogP contribution in [0.15, 0.2) is 71.1 Å². The Balaban J connectivity index is 1.71. The molecule has 1 atom stereocenters. The molecule has 4 nitrogen and oxygen atoms in total. The zero-order valence-corrected chi connectivity index (χ0v) is 14.5. The number of hydrogen-bond acceptors (Lipinski definition) is 4. The molecule has 0 unspecified atom stereocenters. The molecule has 0 aliphatic rings. The molecule has 3 rings (SSSR count). The Bertz CT molecular complexity index is 828. The molecule has 0 radical (unpaired) electrons. The van der Waals surface area contributed by atoms with E-state index in [2.05, 4.69) is 5.32 Å². The van der Waals surface area contributed by atoms with E-state index in [1.54, 1.807) is 0 Å². The summed E-state index contributed by atoms with van der Waals surface area (Å²) in [6, 6.07) is 20.1. The second kappa shape index (κ2) is 8.01. The van der Waals surface area contributed by atoms with Gasteiger partial charge >= 0.3 is 5.97 Å². The lowest BCUT2D eigenvalue weighted by Crippen LogP contribution is -2.29. The third-order valence-corrected chi connectivity index (χ3v) is 4.09. The summed E-state index contributed by atoms with van der Waals surface area (Å²) in [4.78, 5) is 12.1. The summed E-state index contributed by atoms with van der Waals surface area (Å²) in [7, 11) is 1.38. The van der Waals surface area contributed by atoms with Gasteiger partial charge in [0.15, 0.2) is 0 Å². The SMILES string of the molecule is COC(=O)[C@@H](NCc1ccc(-c2ccc(Cl)cc2)o1)c1ccccc1. The van der Waals surface area contributed by atoms with Crippen LogP contribution in [0, 0.1) is 0 Å². The number of ether oxygens (including phenoxy) is 1. The highest BCUT2D eigenvalue weighted by molar-refractivity contribution is 6.30. The Kier molecular flexibility index (Phi) is 5.53. The first kappa shape index (κ1) is 17.3. The van der Waals surface area contributed by atoms with Crippen molar-refractivity contribution < 1.29 is 13.9 Å². The summed E-state index contributed by atoms with van der Waals surface area (Å²) >= 11 is 5.91. The lowest BCUT2D eigenvalue weighted by molar-refractivity contribution is -0.143. The zero-order chi connectivity index (χ0) is 17.6. The van der Waals surface area contributed by atoms with Crippen LogP contribution in [0.1, 0.15) is 17.4 Å². The molecule has 3 aromatic rings. The van der Waals surface area contributed by atoms with Gasteiger partial charge in [-0.1, -0.05) is 41.9 Å². The molecule has 0 aliphatic carbocycles. The summed E-state index contributed by atoms with van der Waals surface area (Å²) in [6.45, 7) is 0.405. The number of furan rings is 1. The summed E-state index contributed by atoms with van der Waals surface area (Å²) in [5.41, 5.74) is 1.79. The minimum absolute atomic E-state index is 0.337. The molecule has 0 fully saturated rings. The predicted octanol–water partition coefficient (Wildman–Crippen LogP) is 4.60. The maximum absolute atomic E-state index is 12.1. The van der Waals surface area contributed by atoms with Crippen LogP contribution >= 0.6 is 11.6 Å². The standard InChI is InChI=1S/C20H18ClNO3/c1-24-20(23)19(15-5-3-2-4-6-15)22-13-17-11-12-18(25-17)14-7-9-16(21)10-8-14/h2-12,19,22H,13H2,1H3/t19-/m0/s1. The van der Waals surface area contributed by atoms with Crippen LogP contribution in [0.2, 0.25) is 5.02 Å². The van der Waals surface area contributed by atoms with E-state index in [9.17, 15) is 4.79 Å². The van der Waals surface area contributed by atoms with Crippen molar-refractivity contribution in [1.82, 2.24) is 5.32 Å². The van der Waals surface area contributed by atoms with E-state index < -0.39 is 6.04 Å². The average Bonchev–Trinajstić information content (AvgIpc) is 3.12. The lowest BCUT2D eigenvalue weighted by Gasteiger charge is -2.16. The maximum atomic E-state index is 12.1. The fourth-order valence-electron chi connectivity index (χ4n) is 2.55. The Morgan fingerprint density at radius 2 is 1.80 bits per heavy atom. The smallest absolute Gasteiger partial charge is 0.327 e. The molecule has 0 aliphatic heterocycles. The van der Waals surface area contributed by atoms with E-state index >= 15 is 0 Å². The largest absolute Gasteiger partial charge is 0.468 e. The number of benzene rings is 2.